The summed E-state index contributed by atoms with van der Waals surface area (Å²) < 4.78 is 7.21. The van der Waals surface area contributed by atoms with Gasteiger partial charge in [0.05, 0.1) is 5.54 Å². The number of carbonyl (C=O) groups is 1. The van der Waals surface area contributed by atoms with Crippen LogP contribution in [0.2, 0.25) is 0 Å². The molecule has 0 spiro atoms. The van der Waals surface area contributed by atoms with Crippen LogP contribution in [0.3, 0.4) is 0 Å². The van der Waals surface area contributed by atoms with Gasteiger partial charge >= 0.3 is 0 Å². The van der Waals surface area contributed by atoms with Gasteiger partial charge in [-0.3, -0.25) is 14.4 Å². The number of carbonyl (C=O) groups excluding carboxylic acids is 1. The predicted molar refractivity (Wildman–Crippen MR) is 92.3 cm³/mol. The number of aromatic nitrogens is 4. The third-order valence-corrected chi connectivity index (χ3v) is 4.51. The van der Waals surface area contributed by atoms with E-state index in [1.54, 1.807) is 6.92 Å². The average molecular weight is 346 g/mol. The van der Waals surface area contributed by atoms with Crippen molar-refractivity contribution < 1.29 is 9.32 Å². The van der Waals surface area contributed by atoms with Gasteiger partial charge in [0.15, 0.2) is 11.5 Å². The van der Waals surface area contributed by atoms with Crippen LogP contribution >= 0.6 is 0 Å². The zero-order chi connectivity index (χ0) is 18.4. The number of amides is 1. The van der Waals surface area contributed by atoms with E-state index in [1.807, 2.05) is 29.6 Å². The van der Waals surface area contributed by atoms with E-state index >= 15 is 0 Å². The summed E-state index contributed by atoms with van der Waals surface area (Å²) in [6.07, 6.45) is 0. The Bertz CT molecular complexity index is 772. The fraction of sp³-hybridized carbons (Fsp3) is 0.647. The molecular weight excluding hydrogens is 320 g/mol. The largest absolute Gasteiger partial charge is 0.338 e. The van der Waals surface area contributed by atoms with Gasteiger partial charge in [-0.15, -0.1) is 0 Å². The van der Waals surface area contributed by atoms with Gasteiger partial charge in [0.2, 0.25) is 5.89 Å². The van der Waals surface area contributed by atoms with Crippen LogP contribution in [-0.2, 0) is 5.54 Å². The van der Waals surface area contributed by atoms with Gasteiger partial charge in [-0.2, -0.15) is 10.1 Å². The van der Waals surface area contributed by atoms with E-state index < -0.39 is 0 Å². The number of hydrogen-bond acceptors (Lipinski definition) is 6. The van der Waals surface area contributed by atoms with Crippen LogP contribution in [0, 0.1) is 13.8 Å². The highest BCUT2D eigenvalue weighted by Crippen LogP contribution is 2.24. The molecule has 0 N–H and O–H groups in total. The molecule has 0 unspecified atom stereocenters. The highest BCUT2D eigenvalue weighted by atomic mass is 16.5. The molecule has 136 valence electrons. The summed E-state index contributed by atoms with van der Waals surface area (Å²) in [5.74, 6) is 1.10. The Morgan fingerprint density at radius 2 is 2.00 bits per heavy atom. The molecule has 25 heavy (non-hydrogen) atoms. The van der Waals surface area contributed by atoms with Crippen molar-refractivity contribution in [3.05, 3.63) is 29.2 Å². The first-order valence-corrected chi connectivity index (χ1v) is 8.53. The van der Waals surface area contributed by atoms with E-state index in [9.17, 15) is 4.79 Å². The molecule has 0 aliphatic carbocycles. The predicted octanol–water partition coefficient (Wildman–Crippen LogP) is 1.77. The molecule has 8 heteroatoms. The van der Waals surface area contributed by atoms with Crippen LogP contribution in [0.15, 0.2) is 10.6 Å². The second kappa shape index (κ2) is 6.25. The standard InChI is InChI=1S/C17H26N6O2/c1-11-9-13(19-23(11)17(3,4)5)16(24)22-8-7-21(6)14(10-22)15-18-12(2)20-25-15/h9,14H,7-8,10H2,1-6H3/t14-/m0/s1. The summed E-state index contributed by atoms with van der Waals surface area (Å²) >= 11 is 0. The van der Waals surface area contributed by atoms with E-state index in [-0.39, 0.29) is 17.5 Å². The number of piperazine rings is 1. The third-order valence-electron chi connectivity index (χ3n) is 4.51. The zero-order valence-corrected chi connectivity index (χ0v) is 15.8. The third kappa shape index (κ3) is 3.44. The molecule has 1 fully saturated rings. The van der Waals surface area contributed by atoms with E-state index in [4.69, 9.17) is 4.52 Å². The van der Waals surface area contributed by atoms with Crippen LogP contribution in [0.4, 0.5) is 0 Å². The van der Waals surface area contributed by atoms with Crippen LogP contribution in [0.1, 0.15) is 54.7 Å². The lowest BCUT2D eigenvalue weighted by atomic mass is 10.1. The first-order chi connectivity index (χ1) is 11.7. The summed E-state index contributed by atoms with van der Waals surface area (Å²) in [5, 5.41) is 8.40. The molecule has 0 aromatic carbocycles. The fourth-order valence-electron chi connectivity index (χ4n) is 3.19. The van der Waals surface area contributed by atoms with E-state index in [0.717, 1.165) is 12.2 Å². The maximum atomic E-state index is 12.9. The van der Waals surface area contributed by atoms with Gasteiger partial charge < -0.3 is 9.42 Å². The Morgan fingerprint density at radius 3 is 2.56 bits per heavy atom. The summed E-state index contributed by atoms with van der Waals surface area (Å²) in [6.45, 7) is 11.9. The molecule has 1 amide bonds. The van der Waals surface area contributed by atoms with Crippen molar-refractivity contribution >= 4 is 5.91 Å². The minimum atomic E-state index is -0.158. The maximum absolute atomic E-state index is 12.9. The quantitative estimate of drug-likeness (QED) is 0.824. The number of rotatable bonds is 2. The first-order valence-electron chi connectivity index (χ1n) is 8.53. The molecule has 1 aliphatic rings. The summed E-state index contributed by atoms with van der Waals surface area (Å²) in [7, 11) is 2.00. The Morgan fingerprint density at radius 1 is 1.28 bits per heavy atom. The van der Waals surface area contributed by atoms with Crippen molar-refractivity contribution in [2.45, 2.75) is 46.2 Å². The summed E-state index contributed by atoms with van der Waals surface area (Å²) in [4.78, 5) is 21.2. The number of hydrogen-bond donors (Lipinski definition) is 0. The molecular formula is C17H26N6O2. The van der Waals surface area contributed by atoms with Gasteiger partial charge in [-0.05, 0) is 47.7 Å². The van der Waals surface area contributed by atoms with E-state index in [0.29, 0.717) is 30.5 Å². The van der Waals surface area contributed by atoms with Gasteiger partial charge in [-0.25, -0.2) is 0 Å². The molecule has 0 saturated carbocycles. The molecule has 2 aromatic rings. The van der Waals surface area contributed by atoms with Gasteiger partial charge in [-0.1, -0.05) is 5.16 Å². The first kappa shape index (κ1) is 17.6. The molecule has 1 aliphatic heterocycles. The molecule has 8 nitrogen and oxygen atoms in total. The molecule has 3 rings (SSSR count). The Balaban J connectivity index is 1.81. The van der Waals surface area contributed by atoms with Gasteiger partial charge in [0, 0.05) is 25.3 Å². The molecule has 3 heterocycles. The normalized spacial score (nSPS) is 19.4. The second-order valence-corrected chi connectivity index (χ2v) is 7.68. The van der Waals surface area contributed by atoms with Crippen molar-refractivity contribution in [1.82, 2.24) is 29.7 Å². The SMILES string of the molecule is Cc1noc([C@@H]2CN(C(=O)c3cc(C)n(C(C)(C)C)n3)CCN2C)n1. The monoisotopic (exact) mass is 346 g/mol. The van der Waals surface area contributed by atoms with Crippen LogP contribution in [-0.4, -0.2) is 62.3 Å². The van der Waals surface area contributed by atoms with Gasteiger partial charge in [0.1, 0.15) is 6.04 Å². The number of nitrogens with zero attached hydrogens (tertiary/aromatic N) is 6. The highest BCUT2D eigenvalue weighted by Gasteiger charge is 2.33. The average Bonchev–Trinajstić information content (AvgIpc) is 3.12. The summed E-state index contributed by atoms with van der Waals surface area (Å²) in [5.41, 5.74) is 1.31. The zero-order valence-electron chi connectivity index (χ0n) is 15.8. The smallest absolute Gasteiger partial charge is 0.274 e. The fourth-order valence-corrected chi connectivity index (χ4v) is 3.19. The topological polar surface area (TPSA) is 80.3 Å². The number of aryl methyl sites for hydroxylation is 2. The lowest BCUT2D eigenvalue weighted by Gasteiger charge is -2.37. The van der Waals surface area contributed by atoms with Crippen molar-refractivity contribution in [1.29, 1.82) is 0 Å². The van der Waals surface area contributed by atoms with Gasteiger partial charge in [0.25, 0.3) is 5.91 Å². The molecule has 2 aromatic heterocycles. The molecule has 1 atom stereocenters. The van der Waals surface area contributed by atoms with E-state index in [2.05, 4.69) is 40.9 Å². The molecule has 1 saturated heterocycles. The van der Waals surface area contributed by atoms with Crippen molar-refractivity contribution in [2.24, 2.45) is 0 Å². The van der Waals surface area contributed by atoms with Crippen LogP contribution in [0.25, 0.3) is 0 Å². The number of likely N-dealkylation sites (N-methyl/N-ethyl adjacent to an activating group) is 1. The Hall–Kier alpha value is -2.22. The van der Waals surface area contributed by atoms with Crippen molar-refractivity contribution in [2.75, 3.05) is 26.7 Å². The second-order valence-electron chi connectivity index (χ2n) is 7.68. The van der Waals surface area contributed by atoms with Crippen molar-refractivity contribution in [3.63, 3.8) is 0 Å². The van der Waals surface area contributed by atoms with Crippen LogP contribution < -0.4 is 0 Å². The van der Waals surface area contributed by atoms with E-state index in [1.165, 1.54) is 0 Å². The maximum Gasteiger partial charge on any atom is 0.274 e. The lowest BCUT2D eigenvalue weighted by Crippen LogP contribution is -2.49. The summed E-state index contributed by atoms with van der Waals surface area (Å²) in [6, 6.07) is 1.77. The minimum absolute atomic E-state index is 0.0552. The Labute approximate surface area is 147 Å². The minimum Gasteiger partial charge on any atom is -0.338 e. The molecule has 0 bridgehead atoms. The van der Waals surface area contributed by atoms with Crippen molar-refractivity contribution in [3.8, 4) is 0 Å². The molecule has 0 radical (unpaired) electrons. The van der Waals surface area contributed by atoms with Crippen LogP contribution in [0.5, 0.6) is 0 Å². The lowest BCUT2D eigenvalue weighted by molar-refractivity contribution is 0.0482. The Kier molecular flexibility index (Phi) is 4.40. The highest BCUT2D eigenvalue weighted by molar-refractivity contribution is 5.92.